The molecule has 0 aliphatic carbocycles. The molecule has 0 aromatic heterocycles. The molecule has 0 fully saturated rings. The van der Waals surface area contributed by atoms with Crippen molar-refractivity contribution in [2.75, 3.05) is 38.0 Å². The van der Waals surface area contributed by atoms with Crippen LogP contribution in [0, 0.1) is 0 Å². The zero-order valence-corrected chi connectivity index (χ0v) is 10.9. The van der Waals surface area contributed by atoms with Crippen molar-refractivity contribution in [3.8, 4) is 0 Å². The van der Waals surface area contributed by atoms with E-state index in [0.717, 1.165) is 5.69 Å². The molecule has 0 radical (unpaired) electrons. The van der Waals surface area contributed by atoms with Crippen molar-refractivity contribution >= 4 is 11.4 Å². The third-order valence-corrected chi connectivity index (χ3v) is 2.67. The van der Waals surface area contributed by atoms with Gasteiger partial charge in [0.05, 0.1) is 11.4 Å². The van der Waals surface area contributed by atoms with Gasteiger partial charge in [-0.3, -0.25) is 0 Å². The normalized spacial score (nSPS) is 13.3. The number of hydrogen-bond acceptors (Lipinski definition) is 3. The molecule has 6 heteroatoms. The summed E-state index contributed by atoms with van der Waals surface area (Å²) in [6.07, 6.45) is -4.43. The van der Waals surface area contributed by atoms with Crippen LogP contribution < -0.4 is 15.5 Å². The van der Waals surface area contributed by atoms with Crippen LogP contribution >= 0.6 is 0 Å². The molecule has 0 unspecified atom stereocenters. The van der Waals surface area contributed by atoms with Crippen molar-refractivity contribution in [1.29, 1.82) is 0 Å². The van der Waals surface area contributed by atoms with Gasteiger partial charge in [0.15, 0.2) is 0 Å². The van der Waals surface area contributed by atoms with Gasteiger partial charge in [-0.15, -0.1) is 0 Å². The van der Waals surface area contributed by atoms with Gasteiger partial charge in [0.2, 0.25) is 0 Å². The first-order valence-corrected chi connectivity index (χ1v) is 5.45. The van der Waals surface area contributed by atoms with Crippen LogP contribution in [0.1, 0.15) is 11.6 Å². The van der Waals surface area contributed by atoms with Crippen molar-refractivity contribution in [3.05, 3.63) is 23.8 Å². The molecule has 1 rings (SSSR count). The lowest BCUT2D eigenvalue weighted by Gasteiger charge is -2.25. The van der Waals surface area contributed by atoms with Crippen molar-refractivity contribution < 1.29 is 13.2 Å². The third-order valence-electron chi connectivity index (χ3n) is 2.67. The van der Waals surface area contributed by atoms with Crippen LogP contribution in [0.15, 0.2) is 18.2 Å². The van der Waals surface area contributed by atoms with E-state index in [4.69, 9.17) is 5.73 Å². The first kappa shape index (κ1) is 14.6. The van der Waals surface area contributed by atoms with E-state index in [1.807, 2.05) is 19.0 Å². The highest BCUT2D eigenvalue weighted by atomic mass is 19.4. The van der Waals surface area contributed by atoms with Crippen molar-refractivity contribution in [1.82, 2.24) is 0 Å². The van der Waals surface area contributed by atoms with E-state index < -0.39 is 12.2 Å². The molecule has 18 heavy (non-hydrogen) atoms. The Morgan fingerprint density at radius 2 is 1.50 bits per heavy atom. The van der Waals surface area contributed by atoms with Gasteiger partial charge < -0.3 is 15.5 Å². The Labute approximate surface area is 105 Å². The second-order valence-corrected chi connectivity index (χ2v) is 4.56. The second-order valence-electron chi connectivity index (χ2n) is 4.56. The largest absolute Gasteiger partial charge is 0.407 e. The fourth-order valence-corrected chi connectivity index (χ4v) is 1.66. The summed E-state index contributed by atoms with van der Waals surface area (Å²) in [7, 11) is 7.24. The predicted octanol–water partition coefficient (Wildman–Crippen LogP) is 2.38. The minimum Gasteiger partial charge on any atom is -0.376 e. The van der Waals surface area contributed by atoms with Crippen LogP contribution in [0.25, 0.3) is 0 Å². The van der Waals surface area contributed by atoms with E-state index in [1.54, 1.807) is 25.1 Å². The summed E-state index contributed by atoms with van der Waals surface area (Å²) in [4.78, 5) is 3.61. The number of halogens is 3. The van der Waals surface area contributed by atoms with Gasteiger partial charge in [0.1, 0.15) is 6.04 Å². The molecule has 2 N–H and O–H groups in total. The van der Waals surface area contributed by atoms with Gasteiger partial charge in [-0.05, 0) is 17.7 Å². The lowest BCUT2D eigenvalue weighted by atomic mass is 10.0. The molecule has 102 valence electrons. The molecule has 3 nitrogen and oxygen atoms in total. The van der Waals surface area contributed by atoms with Gasteiger partial charge >= 0.3 is 6.18 Å². The topological polar surface area (TPSA) is 32.5 Å². The van der Waals surface area contributed by atoms with E-state index in [9.17, 15) is 13.2 Å². The third kappa shape index (κ3) is 3.07. The molecule has 1 atom stereocenters. The van der Waals surface area contributed by atoms with Gasteiger partial charge in [0, 0.05) is 28.2 Å². The predicted molar refractivity (Wildman–Crippen MR) is 68.1 cm³/mol. The van der Waals surface area contributed by atoms with E-state index >= 15 is 0 Å². The van der Waals surface area contributed by atoms with Crippen LogP contribution in [0.3, 0.4) is 0 Å². The van der Waals surface area contributed by atoms with Crippen LogP contribution in [0.4, 0.5) is 24.5 Å². The van der Waals surface area contributed by atoms with E-state index in [1.165, 1.54) is 12.1 Å². The van der Waals surface area contributed by atoms with Crippen molar-refractivity contribution in [2.45, 2.75) is 12.2 Å². The fourth-order valence-electron chi connectivity index (χ4n) is 1.66. The minimum absolute atomic E-state index is 0.0665. The van der Waals surface area contributed by atoms with Crippen LogP contribution in [-0.2, 0) is 0 Å². The zero-order chi connectivity index (χ0) is 14.1. The maximum atomic E-state index is 12.6. The van der Waals surface area contributed by atoms with Gasteiger partial charge in [-0.1, -0.05) is 6.07 Å². The van der Waals surface area contributed by atoms with E-state index in [0.29, 0.717) is 5.69 Å². The molecule has 0 aliphatic heterocycles. The molecular weight excluding hydrogens is 243 g/mol. The SMILES string of the molecule is CN(C)c1ccc([C@@H](N)C(F)(F)F)cc1N(C)C. The summed E-state index contributed by atoms with van der Waals surface area (Å²) < 4.78 is 37.7. The Bertz CT molecular complexity index is 414. The fraction of sp³-hybridized carbons (Fsp3) is 0.500. The Hall–Kier alpha value is -1.43. The van der Waals surface area contributed by atoms with Crippen LogP contribution in [0.2, 0.25) is 0 Å². The maximum absolute atomic E-state index is 12.6. The monoisotopic (exact) mass is 261 g/mol. The highest BCUT2D eigenvalue weighted by Crippen LogP contribution is 2.35. The first-order valence-electron chi connectivity index (χ1n) is 5.45. The molecule has 1 aromatic rings. The Balaban J connectivity index is 3.23. The van der Waals surface area contributed by atoms with Crippen molar-refractivity contribution in [2.24, 2.45) is 5.73 Å². The first-order chi connectivity index (χ1) is 8.14. The number of anilines is 2. The van der Waals surface area contributed by atoms with E-state index in [-0.39, 0.29) is 5.56 Å². The molecule has 0 saturated heterocycles. The Morgan fingerprint density at radius 3 is 1.89 bits per heavy atom. The summed E-state index contributed by atoms with van der Waals surface area (Å²) in [6.45, 7) is 0. The maximum Gasteiger partial charge on any atom is 0.407 e. The summed E-state index contributed by atoms with van der Waals surface area (Å²) in [6, 6.07) is 2.59. The minimum atomic E-state index is -4.43. The lowest BCUT2D eigenvalue weighted by molar-refractivity contribution is -0.149. The summed E-state index contributed by atoms with van der Waals surface area (Å²) in [5.41, 5.74) is 6.83. The molecule has 0 saturated carbocycles. The van der Waals surface area contributed by atoms with E-state index in [2.05, 4.69) is 0 Å². The number of nitrogens with zero attached hydrogens (tertiary/aromatic N) is 2. The Kier molecular flexibility index (Phi) is 4.11. The molecule has 0 spiro atoms. The smallest absolute Gasteiger partial charge is 0.376 e. The van der Waals surface area contributed by atoms with Gasteiger partial charge in [0.25, 0.3) is 0 Å². The highest BCUT2D eigenvalue weighted by molar-refractivity contribution is 5.71. The van der Waals surface area contributed by atoms with Crippen molar-refractivity contribution in [3.63, 3.8) is 0 Å². The molecular formula is C12H18F3N3. The number of rotatable bonds is 3. The number of hydrogen-bond donors (Lipinski definition) is 1. The second kappa shape index (κ2) is 5.06. The number of nitrogens with two attached hydrogens (primary N) is 1. The summed E-state index contributed by atoms with van der Waals surface area (Å²) >= 11 is 0. The Morgan fingerprint density at radius 1 is 1.00 bits per heavy atom. The molecule has 0 aliphatic rings. The lowest BCUT2D eigenvalue weighted by Crippen LogP contribution is -2.29. The molecule has 0 bridgehead atoms. The summed E-state index contributed by atoms with van der Waals surface area (Å²) in [5.74, 6) is 0. The van der Waals surface area contributed by atoms with Crippen LogP contribution in [0.5, 0.6) is 0 Å². The average molecular weight is 261 g/mol. The van der Waals surface area contributed by atoms with Crippen LogP contribution in [-0.4, -0.2) is 34.4 Å². The zero-order valence-electron chi connectivity index (χ0n) is 10.9. The standard InChI is InChI=1S/C12H18F3N3/c1-17(2)9-6-5-8(7-10(9)18(3)4)11(16)12(13,14)15/h5-7,11H,16H2,1-4H3/t11-/m1/s1. The van der Waals surface area contributed by atoms with Gasteiger partial charge in [-0.25, -0.2) is 0 Å². The molecule has 0 amide bonds. The molecule has 0 heterocycles. The quantitative estimate of drug-likeness (QED) is 0.906. The molecule has 1 aromatic carbocycles. The number of benzene rings is 1. The van der Waals surface area contributed by atoms with Gasteiger partial charge in [-0.2, -0.15) is 13.2 Å². The average Bonchev–Trinajstić information content (AvgIpc) is 2.25. The summed E-state index contributed by atoms with van der Waals surface area (Å²) in [5, 5.41) is 0. The highest BCUT2D eigenvalue weighted by Gasteiger charge is 2.38. The number of alkyl halides is 3.